The molecule has 0 spiro atoms. The summed E-state index contributed by atoms with van der Waals surface area (Å²) in [6.07, 6.45) is 0. The maximum Gasteiger partial charge on any atom is 0.229 e. The van der Waals surface area contributed by atoms with Gasteiger partial charge in [0.25, 0.3) is 0 Å². The average molecular weight is 375 g/mol. The Labute approximate surface area is 147 Å². The van der Waals surface area contributed by atoms with Gasteiger partial charge in [0.1, 0.15) is 0 Å². The second kappa shape index (κ2) is 5.66. The summed E-state index contributed by atoms with van der Waals surface area (Å²) in [6, 6.07) is 13.0. The number of rotatable bonds is 3. The fourth-order valence-electron chi connectivity index (χ4n) is 2.55. The predicted molar refractivity (Wildman–Crippen MR) is 93.0 cm³/mol. The van der Waals surface area contributed by atoms with Crippen molar-refractivity contribution < 1.29 is 8.42 Å². The number of nitrogen functional groups attached to an aromatic ring is 1. The Morgan fingerprint density at radius 2 is 1.80 bits per heavy atom. The second-order valence-electron chi connectivity index (χ2n) is 5.21. The first kappa shape index (κ1) is 15.8. The van der Waals surface area contributed by atoms with E-state index < -0.39 is 9.84 Å². The van der Waals surface area contributed by atoms with E-state index in [0.717, 1.165) is 0 Å². The molecule has 0 saturated carbocycles. The lowest BCUT2D eigenvalue weighted by molar-refractivity contribution is 0.592. The number of halogens is 1. The van der Waals surface area contributed by atoms with Crippen LogP contribution in [0.15, 0.2) is 58.5 Å². The SMILES string of the molecule is NNc1nc2c(S(=O)(=O)c3ccc(Cl)cc3)nnn2c2ccccc12. The fourth-order valence-corrected chi connectivity index (χ4v) is 3.91. The number of benzene rings is 2. The van der Waals surface area contributed by atoms with Crippen LogP contribution < -0.4 is 11.3 Å². The number of aromatic nitrogens is 4. The van der Waals surface area contributed by atoms with E-state index in [-0.39, 0.29) is 15.6 Å². The number of fused-ring (bicyclic) bond motifs is 3. The van der Waals surface area contributed by atoms with E-state index in [1.807, 2.05) is 6.07 Å². The normalized spacial score (nSPS) is 11.9. The van der Waals surface area contributed by atoms with Crippen LogP contribution in [0.4, 0.5) is 5.82 Å². The summed E-state index contributed by atoms with van der Waals surface area (Å²) >= 11 is 5.83. The van der Waals surface area contributed by atoms with E-state index >= 15 is 0 Å². The third-order valence-corrected chi connectivity index (χ3v) is 5.66. The topological polar surface area (TPSA) is 115 Å². The van der Waals surface area contributed by atoms with Gasteiger partial charge in [-0.3, -0.25) is 0 Å². The molecule has 25 heavy (non-hydrogen) atoms. The van der Waals surface area contributed by atoms with Gasteiger partial charge < -0.3 is 5.43 Å². The van der Waals surface area contributed by atoms with Crippen molar-refractivity contribution in [2.75, 3.05) is 5.43 Å². The number of nitrogens with two attached hydrogens (primary N) is 1. The van der Waals surface area contributed by atoms with Crippen LogP contribution in [-0.4, -0.2) is 28.2 Å². The zero-order valence-corrected chi connectivity index (χ0v) is 14.2. The van der Waals surface area contributed by atoms with Crippen molar-refractivity contribution in [3.05, 3.63) is 53.6 Å². The Balaban J connectivity index is 2.03. The van der Waals surface area contributed by atoms with Crippen molar-refractivity contribution in [3.63, 3.8) is 0 Å². The summed E-state index contributed by atoms with van der Waals surface area (Å²) < 4.78 is 27.2. The number of nitrogens with zero attached hydrogens (tertiary/aromatic N) is 4. The van der Waals surface area contributed by atoms with E-state index in [1.165, 1.54) is 28.8 Å². The molecule has 126 valence electrons. The molecule has 0 aliphatic rings. The standard InChI is InChI=1S/C15H11ClN6O2S/c16-9-5-7-10(8-6-9)25(23,24)15-14-18-13(19-17)11-3-1-2-4-12(11)22(14)21-20-15/h1-8H,17H2,(H,18,19). The maximum absolute atomic E-state index is 12.9. The summed E-state index contributed by atoms with van der Waals surface area (Å²) in [5.74, 6) is 5.87. The first-order valence-electron chi connectivity index (χ1n) is 7.14. The van der Waals surface area contributed by atoms with Crippen LogP contribution in [-0.2, 0) is 9.84 Å². The monoisotopic (exact) mass is 374 g/mol. The first-order valence-corrected chi connectivity index (χ1v) is 9.00. The fraction of sp³-hybridized carbons (Fsp3) is 0. The minimum absolute atomic E-state index is 0.0523. The van der Waals surface area contributed by atoms with E-state index in [4.69, 9.17) is 17.4 Å². The lowest BCUT2D eigenvalue weighted by Gasteiger charge is -2.07. The predicted octanol–water partition coefficient (Wildman–Crippen LogP) is 2.05. The van der Waals surface area contributed by atoms with E-state index in [1.54, 1.807) is 18.2 Å². The minimum atomic E-state index is -3.92. The second-order valence-corrected chi connectivity index (χ2v) is 7.51. The molecule has 10 heteroatoms. The lowest BCUT2D eigenvalue weighted by atomic mass is 10.2. The number of hydrogen-bond acceptors (Lipinski definition) is 7. The van der Waals surface area contributed by atoms with E-state index in [0.29, 0.717) is 21.7 Å². The zero-order chi connectivity index (χ0) is 17.6. The van der Waals surface area contributed by atoms with Crippen molar-refractivity contribution in [2.24, 2.45) is 5.84 Å². The molecule has 8 nitrogen and oxygen atoms in total. The average Bonchev–Trinajstić information content (AvgIpc) is 3.06. The number of sulfone groups is 1. The van der Waals surface area contributed by atoms with Crippen molar-refractivity contribution in [1.82, 2.24) is 19.8 Å². The molecule has 0 amide bonds. The van der Waals surface area contributed by atoms with Gasteiger partial charge in [0, 0.05) is 10.4 Å². The Bertz CT molecular complexity index is 1200. The molecule has 2 aromatic carbocycles. The highest BCUT2D eigenvalue weighted by Gasteiger charge is 2.27. The van der Waals surface area contributed by atoms with Crippen molar-refractivity contribution >= 4 is 43.8 Å². The molecule has 0 aliphatic carbocycles. The molecule has 4 aromatic rings. The highest BCUT2D eigenvalue weighted by Crippen LogP contribution is 2.27. The van der Waals surface area contributed by atoms with E-state index in [9.17, 15) is 8.42 Å². The molecular weight excluding hydrogens is 364 g/mol. The third-order valence-electron chi connectivity index (χ3n) is 3.74. The van der Waals surface area contributed by atoms with Gasteiger partial charge in [-0.15, -0.1) is 5.10 Å². The zero-order valence-electron chi connectivity index (χ0n) is 12.6. The first-order chi connectivity index (χ1) is 12.0. The van der Waals surface area contributed by atoms with Crippen LogP contribution in [0.5, 0.6) is 0 Å². The van der Waals surface area contributed by atoms with Crippen LogP contribution in [0.25, 0.3) is 16.6 Å². The van der Waals surface area contributed by atoms with Crippen LogP contribution in [0.3, 0.4) is 0 Å². The largest absolute Gasteiger partial charge is 0.308 e. The summed E-state index contributed by atoms with van der Waals surface area (Å²) in [5.41, 5.74) is 3.20. The highest BCUT2D eigenvalue weighted by molar-refractivity contribution is 7.91. The van der Waals surface area contributed by atoms with Crippen LogP contribution in [0.2, 0.25) is 5.02 Å². The number of nitrogens with one attached hydrogen (secondary N) is 1. The minimum Gasteiger partial charge on any atom is -0.308 e. The molecule has 0 saturated heterocycles. The summed E-state index contributed by atoms with van der Waals surface area (Å²) in [7, 11) is -3.92. The van der Waals surface area contributed by atoms with Crippen LogP contribution in [0.1, 0.15) is 0 Å². The van der Waals surface area contributed by atoms with Gasteiger partial charge in [-0.2, -0.15) is 4.52 Å². The van der Waals surface area contributed by atoms with Gasteiger partial charge in [0.05, 0.1) is 10.4 Å². The molecule has 0 fully saturated rings. The summed E-state index contributed by atoms with van der Waals surface area (Å²) in [5, 5.41) is 8.69. The van der Waals surface area contributed by atoms with Gasteiger partial charge in [-0.05, 0) is 36.4 Å². The summed E-state index contributed by atoms with van der Waals surface area (Å²) in [6.45, 7) is 0. The number of hydrogen-bond donors (Lipinski definition) is 2. The molecule has 3 N–H and O–H groups in total. The molecule has 4 rings (SSSR count). The Morgan fingerprint density at radius 3 is 2.52 bits per heavy atom. The van der Waals surface area contributed by atoms with Gasteiger partial charge >= 0.3 is 0 Å². The Hall–Kier alpha value is -2.75. The van der Waals surface area contributed by atoms with Gasteiger partial charge in [0.2, 0.25) is 14.9 Å². The molecule has 0 unspecified atom stereocenters. The van der Waals surface area contributed by atoms with Crippen LogP contribution in [0, 0.1) is 0 Å². The smallest absolute Gasteiger partial charge is 0.229 e. The van der Waals surface area contributed by atoms with Crippen molar-refractivity contribution in [1.29, 1.82) is 0 Å². The van der Waals surface area contributed by atoms with Crippen molar-refractivity contribution in [3.8, 4) is 0 Å². The third kappa shape index (κ3) is 2.40. The number of hydrazine groups is 1. The van der Waals surface area contributed by atoms with Crippen molar-refractivity contribution in [2.45, 2.75) is 9.92 Å². The van der Waals surface area contributed by atoms with Gasteiger partial charge in [-0.1, -0.05) is 28.9 Å². The highest BCUT2D eigenvalue weighted by atomic mass is 35.5. The maximum atomic E-state index is 12.9. The van der Waals surface area contributed by atoms with Gasteiger partial charge in [0.15, 0.2) is 11.5 Å². The number of para-hydroxylation sites is 1. The molecular formula is C15H11ClN6O2S. The summed E-state index contributed by atoms with van der Waals surface area (Å²) in [4.78, 5) is 4.34. The van der Waals surface area contributed by atoms with Gasteiger partial charge in [-0.25, -0.2) is 19.2 Å². The molecule has 0 atom stereocenters. The van der Waals surface area contributed by atoms with E-state index in [2.05, 4.69) is 20.7 Å². The molecule has 2 heterocycles. The molecule has 0 bridgehead atoms. The number of anilines is 1. The quantitative estimate of drug-likeness (QED) is 0.416. The molecule has 0 radical (unpaired) electrons. The lowest BCUT2D eigenvalue weighted by Crippen LogP contribution is -2.11. The Morgan fingerprint density at radius 1 is 1.08 bits per heavy atom. The molecule has 0 aliphatic heterocycles. The Kier molecular flexibility index (Phi) is 3.57. The molecule has 2 aromatic heterocycles. The van der Waals surface area contributed by atoms with Crippen LogP contribution >= 0.6 is 11.6 Å².